The van der Waals surface area contributed by atoms with E-state index >= 15 is 0 Å². The van der Waals surface area contributed by atoms with Gasteiger partial charge in [0.25, 0.3) is 11.8 Å². The van der Waals surface area contributed by atoms with Crippen LogP contribution in [-0.2, 0) is 17.1 Å². The van der Waals surface area contributed by atoms with Crippen LogP contribution in [0.4, 0.5) is 0 Å². The van der Waals surface area contributed by atoms with Crippen LogP contribution in [0.3, 0.4) is 0 Å². The van der Waals surface area contributed by atoms with Crippen molar-refractivity contribution in [3.8, 4) is 11.5 Å². The van der Waals surface area contributed by atoms with E-state index in [4.69, 9.17) is 0 Å². The van der Waals surface area contributed by atoms with E-state index in [2.05, 4.69) is 20.6 Å². The number of fused-ring (bicyclic) bond motifs is 4. The molecule has 0 atom stereocenters. The molecule has 29 heavy (non-hydrogen) atoms. The van der Waals surface area contributed by atoms with Crippen molar-refractivity contribution in [1.29, 1.82) is 0 Å². The molecule has 0 aliphatic carbocycles. The summed E-state index contributed by atoms with van der Waals surface area (Å²) in [5.41, 5.74) is 0.620. The molecule has 1 heterocycles. The molecular formula is C20H18CuN4O4. The van der Waals surface area contributed by atoms with Gasteiger partial charge in [-0.2, -0.15) is 0 Å². The number of nitrogens with one attached hydrogen (secondary N) is 2. The van der Waals surface area contributed by atoms with Crippen LogP contribution in [0.1, 0.15) is 31.8 Å². The third kappa shape index (κ3) is 5.43. The fraction of sp³-hybridized carbons (Fsp3) is 0.200. The minimum Gasteiger partial charge on any atom is -0.871 e. The first-order valence-corrected chi connectivity index (χ1v) is 8.74. The van der Waals surface area contributed by atoms with Gasteiger partial charge in [0.1, 0.15) is 0 Å². The minimum atomic E-state index is -0.535. The zero-order valence-electron chi connectivity index (χ0n) is 15.3. The molecule has 1 aliphatic heterocycles. The molecule has 3 rings (SSSR count). The zero-order valence-corrected chi connectivity index (χ0v) is 16.2. The molecule has 4 bridgehead atoms. The van der Waals surface area contributed by atoms with E-state index < -0.39 is 23.3 Å². The minimum absolute atomic E-state index is 0. The van der Waals surface area contributed by atoms with E-state index in [9.17, 15) is 19.8 Å². The van der Waals surface area contributed by atoms with Crippen LogP contribution in [0.15, 0.2) is 46.4 Å². The molecule has 0 fully saturated rings. The van der Waals surface area contributed by atoms with Gasteiger partial charge in [-0.1, -0.05) is 47.9 Å². The Kier molecular flexibility index (Phi) is 7.94. The smallest absolute Gasteiger partial charge is 0.871 e. The molecule has 2 amide bonds. The molecule has 0 saturated carbocycles. The Hall–Kier alpha value is -3.16. The number of carbonyl (C=O) groups excluding carboxylic acids is 2. The van der Waals surface area contributed by atoms with Crippen LogP contribution in [0, 0.1) is 0 Å². The summed E-state index contributed by atoms with van der Waals surface area (Å²) in [4.78, 5) is 32.8. The molecule has 0 spiro atoms. The molecule has 0 unspecified atom stereocenters. The molecule has 2 N–H and O–H groups in total. The van der Waals surface area contributed by atoms with Crippen molar-refractivity contribution in [1.82, 2.24) is 10.6 Å². The van der Waals surface area contributed by atoms with E-state index in [0.29, 0.717) is 24.2 Å². The Morgan fingerprint density at radius 1 is 0.724 bits per heavy atom. The maximum Gasteiger partial charge on any atom is 2.00 e. The Morgan fingerprint density at radius 2 is 1.14 bits per heavy atom. The molecule has 2 aromatic carbocycles. The SMILES string of the molecule is O=C1NCCNC(=O)c2cccc(c2[O-])C=NCCN=Cc2cccc1c2[O-].[Cu+2]. The second-order valence-corrected chi connectivity index (χ2v) is 6.03. The first-order valence-electron chi connectivity index (χ1n) is 8.74. The summed E-state index contributed by atoms with van der Waals surface area (Å²) in [7, 11) is 0. The predicted octanol–water partition coefficient (Wildman–Crippen LogP) is -0.157. The van der Waals surface area contributed by atoms with Crippen molar-refractivity contribution in [3.05, 3.63) is 58.7 Å². The topological polar surface area (TPSA) is 129 Å². The largest absolute Gasteiger partial charge is 2.00 e. The third-order valence-corrected chi connectivity index (χ3v) is 4.10. The summed E-state index contributed by atoms with van der Waals surface area (Å²) < 4.78 is 0. The fourth-order valence-electron chi connectivity index (χ4n) is 2.65. The number of amides is 2. The summed E-state index contributed by atoms with van der Waals surface area (Å²) in [6.07, 6.45) is 2.83. The van der Waals surface area contributed by atoms with Crippen molar-refractivity contribution in [3.63, 3.8) is 0 Å². The van der Waals surface area contributed by atoms with Crippen molar-refractivity contribution in [2.24, 2.45) is 9.98 Å². The Balaban J connectivity index is 0.00000300. The Morgan fingerprint density at radius 3 is 1.55 bits per heavy atom. The van der Waals surface area contributed by atoms with Crippen LogP contribution >= 0.6 is 0 Å². The summed E-state index contributed by atoms with van der Waals surface area (Å²) in [6, 6.07) is 9.26. The number of hydrogen-bond acceptors (Lipinski definition) is 6. The summed E-state index contributed by atoms with van der Waals surface area (Å²) >= 11 is 0. The molecule has 153 valence electrons. The van der Waals surface area contributed by atoms with Crippen LogP contribution in [0.25, 0.3) is 0 Å². The normalized spacial score (nSPS) is 14.8. The van der Waals surface area contributed by atoms with Gasteiger partial charge in [0, 0.05) is 36.6 Å². The molecule has 2 aromatic rings. The number of nitrogens with zero attached hydrogens (tertiary/aromatic N) is 2. The van der Waals surface area contributed by atoms with Gasteiger partial charge in [0.2, 0.25) is 0 Å². The van der Waals surface area contributed by atoms with E-state index in [1.165, 1.54) is 24.6 Å². The summed E-state index contributed by atoms with van der Waals surface area (Å²) in [6.45, 7) is 0.830. The van der Waals surface area contributed by atoms with Crippen LogP contribution in [0.5, 0.6) is 11.5 Å². The van der Waals surface area contributed by atoms with Crippen LogP contribution < -0.4 is 20.8 Å². The van der Waals surface area contributed by atoms with Gasteiger partial charge in [-0.05, 0) is 11.1 Å². The summed E-state index contributed by atoms with van der Waals surface area (Å²) in [5, 5.41) is 29.9. The van der Waals surface area contributed by atoms with Gasteiger partial charge in [0.15, 0.2) is 0 Å². The average Bonchev–Trinajstić information content (AvgIpc) is 2.69. The van der Waals surface area contributed by atoms with E-state index in [0.717, 1.165) is 0 Å². The van der Waals surface area contributed by atoms with E-state index in [1.807, 2.05) is 0 Å². The fourth-order valence-corrected chi connectivity index (χ4v) is 2.65. The van der Waals surface area contributed by atoms with Crippen molar-refractivity contribution >= 4 is 24.2 Å². The molecule has 9 heteroatoms. The first kappa shape index (κ1) is 22.1. The average molecular weight is 442 g/mol. The molecule has 1 radical (unpaired) electrons. The maximum absolute atomic E-state index is 12.4. The number of hydrogen-bond donors (Lipinski definition) is 2. The molecule has 1 aliphatic rings. The van der Waals surface area contributed by atoms with Gasteiger partial charge in [-0.25, -0.2) is 0 Å². The Bertz CT molecular complexity index is 882. The van der Waals surface area contributed by atoms with Gasteiger partial charge in [-0.3, -0.25) is 19.6 Å². The molecule has 0 aromatic heterocycles. The molecular weight excluding hydrogens is 424 g/mol. The van der Waals surface area contributed by atoms with Crippen molar-refractivity contribution in [2.45, 2.75) is 0 Å². The van der Waals surface area contributed by atoms with E-state index in [1.54, 1.807) is 24.3 Å². The third-order valence-electron chi connectivity index (χ3n) is 4.10. The van der Waals surface area contributed by atoms with Crippen molar-refractivity contribution in [2.75, 3.05) is 26.2 Å². The van der Waals surface area contributed by atoms with E-state index in [-0.39, 0.29) is 41.3 Å². The standard InChI is InChI=1S/C20H20N4O4.Cu/c25-17-13-3-1-5-15(17)19(27)23-9-10-24-20(28)16-6-2-4-14(18(16)26)12-22-8-7-21-11-13;/h1-6,11-12,25-26H,7-10H2,(H,23,27)(H,24,28);/q;+2/p-2. The number of aliphatic imine (C=N–C) groups is 2. The van der Waals surface area contributed by atoms with Gasteiger partial charge < -0.3 is 20.8 Å². The first-order chi connectivity index (χ1) is 13.6. The van der Waals surface area contributed by atoms with Crippen molar-refractivity contribution < 1.29 is 36.9 Å². The van der Waals surface area contributed by atoms with Gasteiger partial charge >= 0.3 is 17.1 Å². The number of benzene rings is 2. The van der Waals surface area contributed by atoms with Crippen LogP contribution in [0.2, 0.25) is 0 Å². The summed E-state index contributed by atoms with van der Waals surface area (Å²) in [5.74, 6) is -1.90. The number of para-hydroxylation sites is 2. The van der Waals surface area contributed by atoms with Crippen LogP contribution in [-0.4, -0.2) is 50.4 Å². The zero-order chi connectivity index (χ0) is 19.9. The number of rotatable bonds is 0. The van der Waals surface area contributed by atoms with Gasteiger partial charge in [0.05, 0.1) is 13.1 Å². The predicted molar refractivity (Wildman–Crippen MR) is 101 cm³/mol. The monoisotopic (exact) mass is 441 g/mol. The quantitative estimate of drug-likeness (QED) is 0.550. The maximum atomic E-state index is 12.4. The second kappa shape index (κ2) is 10.4. The Labute approximate surface area is 178 Å². The second-order valence-electron chi connectivity index (χ2n) is 6.03. The van der Waals surface area contributed by atoms with Gasteiger partial charge in [-0.15, -0.1) is 0 Å². The number of carbonyl (C=O) groups is 2. The molecule has 8 nitrogen and oxygen atoms in total. The molecule has 0 saturated heterocycles.